The van der Waals surface area contributed by atoms with Gasteiger partial charge in [-0.05, 0) is 23.5 Å². The highest BCUT2D eigenvalue weighted by Crippen LogP contribution is 2.21. The van der Waals surface area contributed by atoms with Crippen molar-refractivity contribution in [1.29, 1.82) is 0 Å². The first-order valence-electron chi connectivity index (χ1n) is 3.43. The summed E-state index contributed by atoms with van der Waals surface area (Å²) in [5.41, 5.74) is 1.37. The van der Waals surface area contributed by atoms with Gasteiger partial charge >= 0.3 is 0 Å². The third-order valence-corrected chi connectivity index (χ3v) is 2.30. The third-order valence-electron chi connectivity index (χ3n) is 1.62. The summed E-state index contributed by atoms with van der Waals surface area (Å²) in [5.74, 6) is 0. The second-order valence-electron chi connectivity index (χ2n) is 2.44. The molecule has 2 aromatic heterocycles. The minimum atomic E-state index is 0.166. The number of nitrogens with zero attached hydrogens (tertiary/aromatic N) is 4. The molecule has 0 unspecified atom stereocenters. The Bertz CT molecular complexity index is 453. The number of hydrogen-bond acceptors (Lipinski definition) is 5. The van der Waals surface area contributed by atoms with E-state index in [2.05, 4.69) is 15.0 Å². The highest BCUT2D eigenvalue weighted by Gasteiger charge is 2.09. The third kappa shape index (κ3) is 1.37. The highest BCUT2D eigenvalue weighted by atomic mass is 35.5. The summed E-state index contributed by atoms with van der Waals surface area (Å²) < 4.78 is 1.81. The van der Waals surface area contributed by atoms with Crippen molar-refractivity contribution in [2.45, 2.75) is 5.03 Å². The predicted molar refractivity (Wildman–Crippen MR) is 51.4 cm³/mol. The van der Waals surface area contributed by atoms with Crippen molar-refractivity contribution in [3.63, 3.8) is 0 Å². The standard InChI is InChI=1S/C6H6ClN5S/c1-12-2-9-4-3(12)5(13-8)11-6(7)10-4/h2H,8H2,1H3. The van der Waals surface area contributed by atoms with E-state index in [1.54, 1.807) is 10.9 Å². The molecule has 13 heavy (non-hydrogen) atoms. The summed E-state index contributed by atoms with van der Waals surface area (Å²) in [6, 6.07) is 0. The van der Waals surface area contributed by atoms with Crippen molar-refractivity contribution >= 4 is 34.7 Å². The number of rotatable bonds is 1. The van der Waals surface area contributed by atoms with E-state index in [9.17, 15) is 0 Å². The molecule has 0 fully saturated rings. The number of hydrogen-bond donors (Lipinski definition) is 1. The lowest BCUT2D eigenvalue weighted by atomic mass is 10.5. The van der Waals surface area contributed by atoms with Crippen LogP contribution < -0.4 is 5.14 Å². The Morgan fingerprint density at radius 3 is 3.00 bits per heavy atom. The predicted octanol–water partition coefficient (Wildman–Crippen LogP) is 0.982. The zero-order valence-electron chi connectivity index (χ0n) is 6.73. The van der Waals surface area contributed by atoms with Crippen LogP contribution in [0.1, 0.15) is 0 Å². The summed E-state index contributed by atoms with van der Waals surface area (Å²) in [6.07, 6.45) is 1.65. The monoisotopic (exact) mass is 215 g/mol. The Balaban J connectivity index is 2.85. The van der Waals surface area contributed by atoms with Gasteiger partial charge < -0.3 is 4.57 Å². The van der Waals surface area contributed by atoms with Crippen LogP contribution in [0.2, 0.25) is 5.28 Å². The van der Waals surface area contributed by atoms with Crippen molar-refractivity contribution in [2.24, 2.45) is 12.2 Å². The minimum absolute atomic E-state index is 0.166. The summed E-state index contributed by atoms with van der Waals surface area (Å²) in [5, 5.41) is 6.24. The first-order chi connectivity index (χ1) is 6.22. The molecule has 0 radical (unpaired) electrons. The fourth-order valence-electron chi connectivity index (χ4n) is 1.08. The van der Waals surface area contributed by atoms with E-state index in [1.807, 2.05) is 7.05 Å². The second-order valence-corrected chi connectivity index (χ2v) is 3.40. The molecule has 0 aliphatic rings. The molecule has 0 aliphatic carbocycles. The van der Waals surface area contributed by atoms with Gasteiger partial charge in [-0.25, -0.2) is 9.97 Å². The Morgan fingerprint density at radius 2 is 2.31 bits per heavy atom. The molecule has 0 aromatic carbocycles. The van der Waals surface area contributed by atoms with E-state index in [1.165, 1.54) is 0 Å². The maximum Gasteiger partial charge on any atom is 0.225 e. The molecule has 2 N–H and O–H groups in total. The molecule has 68 valence electrons. The van der Waals surface area contributed by atoms with E-state index in [0.29, 0.717) is 10.7 Å². The van der Waals surface area contributed by atoms with Crippen molar-refractivity contribution in [1.82, 2.24) is 19.5 Å². The Hall–Kier alpha value is -0.850. The van der Waals surface area contributed by atoms with E-state index < -0.39 is 0 Å². The van der Waals surface area contributed by atoms with Crippen LogP contribution in [0.4, 0.5) is 0 Å². The molecular formula is C6H6ClN5S. The largest absolute Gasteiger partial charge is 0.330 e. The van der Waals surface area contributed by atoms with Crippen LogP contribution in [0.25, 0.3) is 11.2 Å². The molecule has 2 rings (SSSR count). The molecular weight excluding hydrogens is 210 g/mol. The van der Waals surface area contributed by atoms with Crippen molar-refractivity contribution in [2.75, 3.05) is 0 Å². The van der Waals surface area contributed by atoms with Crippen LogP contribution in [0.3, 0.4) is 0 Å². The van der Waals surface area contributed by atoms with Crippen LogP contribution in [-0.2, 0) is 7.05 Å². The maximum atomic E-state index is 5.67. The fraction of sp³-hybridized carbons (Fsp3) is 0.167. The Labute approximate surface area is 83.5 Å². The molecule has 0 amide bonds. The molecule has 0 saturated carbocycles. The highest BCUT2D eigenvalue weighted by molar-refractivity contribution is 7.97. The maximum absolute atomic E-state index is 5.67. The smallest absolute Gasteiger partial charge is 0.225 e. The lowest BCUT2D eigenvalue weighted by Crippen LogP contribution is -1.94. The number of fused-ring (bicyclic) bond motifs is 1. The minimum Gasteiger partial charge on any atom is -0.330 e. The fourth-order valence-corrected chi connectivity index (χ4v) is 1.78. The SMILES string of the molecule is Cn1cnc2nc(Cl)nc(SN)c21. The van der Waals surface area contributed by atoms with Gasteiger partial charge in [0.2, 0.25) is 5.28 Å². The Kier molecular flexibility index (Phi) is 2.10. The lowest BCUT2D eigenvalue weighted by Gasteiger charge is -1.99. The van der Waals surface area contributed by atoms with Gasteiger partial charge in [0.25, 0.3) is 0 Å². The number of imidazole rings is 1. The van der Waals surface area contributed by atoms with Gasteiger partial charge in [-0.3, -0.25) is 5.14 Å². The van der Waals surface area contributed by atoms with Gasteiger partial charge in [0.05, 0.1) is 6.33 Å². The van der Waals surface area contributed by atoms with E-state index >= 15 is 0 Å². The van der Waals surface area contributed by atoms with E-state index in [4.69, 9.17) is 16.7 Å². The first kappa shape index (κ1) is 8.74. The number of aryl methyl sites for hydroxylation is 1. The van der Waals surface area contributed by atoms with Gasteiger partial charge in [0, 0.05) is 7.05 Å². The van der Waals surface area contributed by atoms with Crippen LogP contribution in [-0.4, -0.2) is 19.5 Å². The average molecular weight is 216 g/mol. The van der Waals surface area contributed by atoms with Crippen molar-refractivity contribution in [3.05, 3.63) is 11.6 Å². The average Bonchev–Trinajstić information content (AvgIpc) is 2.46. The summed E-state index contributed by atoms with van der Waals surface area (Å²) in [4.78, 5) is 12.0. The topological polar surface area (TPSA) is 69.6 Å². The van der Waals surface area contributed by atoms with Gasteiger partial charge in [-0.15, -0.1) is 0 Å². The zero-order chi connectivity index (χ0) is 9.42. The summed E-state index contributed by atoms with van der Waals surface area (Å²) in [7, 11) is 1.85. The second kappa shape index (κ2) is 3.13. The molecule has 0 aliphatic heterocycles. The van der Waals surface area contributed by atoms with E-state index in [-0.39, 0.29) is 5.28 Å². The number of aromatic nitrogens is 4. The summed E-state index contributed by atoms with van der Waals surface area (Å²) >= 11 is 6.71. The van der Waals surface area contributed by atoms with Gasteiger partial charge in [0.1, 0.15) is 10.5 Å². The van der Waals surface area contributed by atoms with Crippen molar-refractivity contribution in [3.8, 4) is 0 Å². The first-order valence-corrected chi connectivity index (χ1v) is 4.69. The molecule has 0 atom stereocenters. The number of nitrogens with two attached hydrogens (primary N) is 1. The molecule has 0 spiro atoms. The van der Waals surface area contributed by atoms with Crippen LogP contribution in [0.15, 0.2) is 11.4 Å². The molecule has 0 bridgehead atoms. The van der Waals surface area contributed by atoms with Crippen molar-refractivity contribution < 1.29 is 0 Å². The van der Waals surface area contributed by atoms with Crippen LogP contribution in [0, 0.1) is 0 Å². The molecule has 5 nitrogen and oxygen atoms in total. The summed E-state index contributed by atoms with van der Waals surface area (Å²) in [6.45, 7) is 0. The molecule has 2 aromatic rings. The lowest BCUT2D eigenvalue weighted by molar-refractivity contribution is 0.925. The van der Waals surface area contributed by atoms with Gasteiger partial charge in [-0.1, -0.05) is 0 Å². The Morgan fingerprint density at radius 1 is 1.54 bits per heavy atom. The number of halogens is 1. The molecule has 7 heteroatoms. The van der Waals surface area contributed by atoms with Gasteiger partial charge in [0.15, 0.2) is 5.65 Å². The van der Waals surface area contributed by atoms with E-state index in [0.717, 1.165) is 17.5 Å². The zero-order valence-corrected chi connectivity index (χ0v) is 8.30. The normalized spacial score (nSPS) is 11.0. The van der Waals surface area contributed by atoms with Gasteiger partial charge in [-0.2, -0.15) is 4.98 Å². The molecule has 2 heterocycles. The van der Waals surface area contributed by atoms with Crippen LogP contribution >= 0.6 is 23.5 Å². The quantitative estimate of drug-likeness (QED) is 0.436. The molecule has 0 saturated heterocycles. The van der Waals surface area contributed by atoms with Crippen LogP contribution in [0.5, 0.6) is 0 Å².